The number of allylic oxidation sites excluding steroid dienone is 1. The number of carbonyl (C=O) groups excluding carboxylic acids is 1. The standard InChI is InChI=1S/C26H25BrN2O4S/c1-4-13-33-20-11-9-17(10-12-20)14-21-24(30)29-23(18-7-6-8-19(27)15-18)22(25(31)32-5-2)16(3)28-26(29)34-21/h6-12,14-15,23H,4-5,13H2,1-3H3/b21-14-/t23-/m0/s1. The van der Waals surface area contributed by atoms with Crippen LogP contribution >= 0.6 is 27.3 Å². The van der Waals surface area contributed by atoms with E-state index in [1.54, 1.807) is 18.4 Å². The molecular weight excluding hydrogens is 516 g/mol. The molecule has 1 aromatic heterocycles. The van der Waals surface area contributed by atoms with Gasteiger partial charge in [-0.2, -0.15) is 0 Å². The molecule has 0 bridgehead atoms. The Labute approximate surface area is 210 Å². The van der Waals surface area contributed by atoms with Crippen LogP contribution in [0, 0.1) is 0 Å². The molecule has 8 heteroatoms. The Kier molecular flexibility index (Phi) is 7.48. The summed E-state index contributed by atoms with van der Waals surface area (Å²) in [7, 11) is 0. The molecule has 4 rings (SSSR count). The maximum Gasteiger partial charge on any atom is 0.338 e. The molecule has 34 heavy (non-hydrogen) atoms. The molecule has 0 unspecified atom stereocenters. The second kappa shape index (κ2) is 10.5. The lowest BCUT2D eigenvalue weighted by Crippen LogP contribution is -2.39. The van der Waals surface area contributed by atoms with Gasteiger partial charge in [-0.05, 0) is 61.7 Å². The summed E-state index contributed by atoms with van der Waals surface area (Å²) in [5.41, 5.74) is 2.41. The Bertz CT molecular complexity index is 1420. The molecule has 2 heterocycles. The second-order valence-corrected chi connectivity index (χ2v) is 9.70. The number of nitrogens with zero attached hydrogens (tertiary/aromatic N) is 2. The summed E-state index contributed by atoms with van der Waals surface area (Å²) in [6, 6.07) is 14.6. The zero-order chi connectivity index (χ0) is 24.2. The molecule has 0 aliphatic carbocycles. The molecule has 6 nitrogen and oxygen atoms in total. The lowest BCUT2D eigenvalue weighted by molar-refractivity contribution is -0.139. The van der Waals surface area contributed by atoms with Crippen LogP contribution in [-0.2, 0) is 9.53 Å². The predicted molar refractivity (Wildman–Crippen MR) is 137 cm³/mol. The van der Waals surface area contributed by atoms with Gasteiger partial charge in [0.25, 0.3) is 5.56 Å². The van der Waals surface area contributed by atoms with Gasteiger partial charge in [0.2, 0.25) is 0 Å². The van der Waals surface area contributed by atoms with E-state index in [0.717, 1.165) is 27.8 Å². The summed E-state index contributed by atoms with van der Waals surface area (Å²) in [6.45, 7) is 6.50. The van der Waals surface area contributed by atoms with Crippen molar-refractivity contribution in [3.8, 4) is 5.75 Å². The maximum absolute atomic E-state index is 13.6. The minimum atomic E-state index is -0.625. The zero-order valence-electron chi connectivity index (χ0n) is 19.2. The Hall–Kier alpha value is -2.97. The van der Waals surface area contributed by atoms with Crippen molar-refractivity contribution in [2.24, 2.45) is 4.99 Å². The van der Waals surface area contributed by atoms with Gasteiger partial charge in [0.1, 0.15) is 5.75 Å². The Morgan fingerprint density at radius 3 is 2.65 bits per heavy atom. The zero-order valence-corrected chi connectivity index (χ0v) is 21.6. The van der Waals surface area contributed by atoms with E-state index in [1.165, 1.54) is 11.3 Å². The maximum atomic E-state index is 13.6. The molecule has 3 aromatic rings. The van der Waals surface area contributed by atoms with Gasteiger partial charge in [-0.1, -0.05) is 58.5 Å². The van der Waals surface area contributed by atoms with Crippen LogP contribution in [0.5, 0.6) is 5.75 Å². The van der Waals surface area contributed by atoms with Crippen molar-refractivity contribution < 1.29 is 14.3 Å². The van der Waals surface area contributed by atoms with Gasteiger partial charge in [-0.3, -0.25) is 9.36 Å². The first-order valence-corrected chi connectivity index (χ1v) is 12.7. The third-order valence-corrected chi connectivity index (χ3v) is 6.81. The van der Waals surface area contributed by atoms with E-state index >= 15 is 0 Å². The van der Waals surface area contributed by atoms with Crippen LogP contribution in [0.1, 0.15) is 44.4 Å². The van der Waals surface area contributed by atoms with E-state index < -0.39 is 12.0 Å². The number of aromatic nitrogens is 1. The highest BCUT2D eigenvalue weighted by Gasteiger charge is 2.33. The molecule has 0 fully saturated rings. The van der Waals surface area contributed by atoms with E-state index in [1.807, 2.05) is 54.6 Å². The fourth-order valence-corrected chi connectivity index (χ4v) is 5.28. The highest BCUT2D eigenvalue weighted by Crippen LogP contribution is 2.31. The molecule has 0 saturated heterocycles. The van der Waals surface area contributed by atoms with Gasteiger partial charge >= 0.3 is 5.97 Å². The monoisotopic (exact) mass is 540 g/mol. The average molecular weight is 541 g/mol. The summed E-state index contributed by atoms with van der Waals surface area (Å²) in [5.74, 6) is 0.329. The third kappa shape index (κ3) is 4.93. The first-order valence-electron chi connectivity index (χ1n) is 11.1. The number of ether oxygens (including phenoxy) is 2. The number of hydrogen-bond donors (Lipinski definition) is 0. The van der Waals surface area contributed by atoms with Gasteiger partial charge in [-0.25, -0.2) is 9.79 Å². The van der Waals surface area contributed by atoms with Crippen LogP contribution in [0.3, 0.4) is 0 Å². The van der Waals surface area contributed by atoms with Crippen LogP contribution in [0.15, 0.2) is 74.1 Å². The number of thiazole rings is 1. The van der Waals surface area contributed by atoms with E-state index in [0.29, 0.717) is 27.2 Å². The van der Waals surface area contributed by atoms with E-state index in [-0.39, 0.29) is 12.2 Å². The summed E-state index contributed by atoms with van der Waals surface area (Å²) in [5, 5.41) is 0. The minimum Gasteiger partial charge on any atom is -0.494 e. The summed E-state index contributed by atoms with van der Waals surface area (Å²) in [6.07, 6.45) is 2.78. The van der Waals surface area contributed by atoms with Crippen LogP contribution in [0.2, 0.25) is 0 Å². The number of halogens is 1. The lowest BCUT2D eigenvalue weighted by atomic mass is 9.96. The Morgan fingerprint density at radius 2 is 1.97 bits per heavy atom. The highest BCUT2D eigenvalue weighted by molar-refractivity contribution is 9.10. The SMILES string of the molecule is CCCOc1ccc(/C=c2\sc3n(c2=O)[C@@H](c2cccc(Br)c2)C(C(=O)OCC)=C(C)N=3)cc1. The molecule has 1 atom stereocenters. The van der Waals surface area contributed by atoms with Crippen molar-refractivity contribution in [3.05, 3.63) is 95.1 Å². The number of esters is 1. The fourth-order valence-electron chi connectivity index (χ4n) is 3.82. The Morgan fingerprint density at radius 1 is 1.21 bits per heavy atom. The van der Waals surface area contributed by atoms with E-state index in [2.05, 4.69) is 27.8 Å². The predicted octanol–water partition coefficient (Wildman–Crippen LogP) is 4.35. The molecule has 0 amide bonds. The first-order chi connectivity index (χ1) is 16.4. The van der Waals surface area contributed by atoms with Crippen molar-refractivity contribution in [1.29, 1.82) is 0 Å². The quantitative estimate of drug-likeness (QED) is 0.417. The molecule has 176 valence electrons. The lowest BCUT2D eigenvalue weighted by Gasteiger charge is -2.24. The van der Waals surface area contributed by atoms with Crippen molar-refractivity contribution in [3.63, 3.8) is 0 Å². The van der Waals surface area contributed by atoms with Crippen LogP contribution < -0.4 is 19.6 Å². The number of carbonyl (C=O) groups is 1. The molecule has 0 spiro atoms. The molecular formula is C26H25BrN2O4S. The third-order valence-electron chi connectivity index (χ3n) is 5.33. The molecule has 0 radical (unpaired) electrons. The number of rotatable bonds is 7. The van der Waals surface area contributed by atoms with E-state index in [9.17, 15) is 9.59 Å². The Balaban J connectivity index is 1.85. The number of benzene rings is 2. The van der Waals surface area contributed by atoms with Gasteiger partial charge in [0.15, 0.2) is 4.80 Å². The number of hydrogen-bond acceptors (Lipinski definition) is 6. The topological polar surface area (TPSA) is 69.9 Å². The molecule has 0 saturated carbocycles. The van der Waals surface area contributed by atoms with Gasteiger partial charge in [0.05, 0.1) is 35.1 Å². The second-order valence-electron chi connectivity index (χ2n) is 7.77. The summed E-state index contributed by atoms with van der Waals surface area (Å²) in [4.78, 5) is 31.7. The van der Waals surface area contributed by atoms with E-state index in [4.69, 9.17) is 9.47 Å². The van der Waals surface area contributed by atoms with Gasteiger partial charge < -0.3 is 9.47 Å². The van der Waals surface area contributed by atoms with Crippen molar-refractivity contribution in [1.82, 2.24) is 4.57 Å². The van der Waals surface area contributed by atoms with Crippen molar-refractivity contribution in [2.75, 3.05) is 13.2 Å². The largest absolute Gasteiger partial charge is 0.494 e. The van der Waals surface area contributed by atoms with Crippen molar-refractivity contribution in [2.45, 2.75) is 33.2 Å². The van der Waals surface area contributed by atoms with Crippen LogP contribution in [0.4, 0.5) is 0 Å². The normalized spacial score (nSPS) is 15.6. The summed E-state index contributed by atoms with van der Waals surface area (Å²) >= 11 is 4.81. The van der Waals surface area contributed by atoms with Crippen LogP contribution in [-0.4, -0.2) is 23.8 Å². The molecule has 1 aliphatic heterocycles. The smallest absolute Gasteiger partial charge is 0.338 e. The average Bonchev–Trinajstić information content (AvgIpc) is 3.12. The van der Waals surface area contributed by atoms with Crippen molar-refractivity contribution >= 4 is 39.3 Å². The highest BCUT2D eigenvalue weighted by atomic mass is 79.9. The van der Waals surface area contributed by atoms with Crippen LogP contribution in [0.25, 0.3) is 6.08 Å². The minimum absolute atomic E-state index is 0.200. The van der Waals surface area contributed by atoms with Gasteiger partial charge in [-0.15, -0.1) is 0 Å². The molecule has 1 aliphatic rings. The number of fused-ring (bicyclic) bond motifs is 1. The molecule has 0 N–H and O–H groups in total. The molecule has 2 aromatic carbocycles. The van der Waals surface area contributed by atoms with Gasteiger partial charge in [0, 0.05) is 4.47 Å². The fraction of sp³-hybridized carbons (Fsp3) is 0.269. The first kappa shape index (κ1) is 24.2. The summed E-state index contributed by atoms with van der Waals surface area (Å²) < 4.78 is 14.0.